The maximum Gasteiger partial charge on any atom is 0.324 e. The Morgan fingerprint density at radius 3 is 2.21 bits per heavy atom. The fourth-order valence-electron chi connectivity index (χ4n) is 3.27. The molecule has 1 amide bonds. The van der Waals surface area contributed by atoms with Gasteiger partial charge in [-0.15, -0.1) is 0 Å². The standard InChI is InChI=1S/C21H27N5O6S/c1-15(24-33(29,30)18-7-5-17(31-3)6-8-18)20(28)32-16(2)19(27)25-11-13-26(14-12-25)21-22-9-4-10-23-21/h4-10,15-16,24H,11-14H2,1-3H3/t15-,16?/m0/s1. The molecule has 2 aromatic rings. The first-order valence-corrected chi connectivity index (χ1v) is 11.9. The number of anilines is 1. The zero-order valence-electron chi connectivity index (χ0n) is 18.7. The number of rotatable bonds is 8. The van der Waals surface area contributed by atoms with Crippen LogP contribution in [-0.4, -0.2) is 80.6 Å². The molecule has 0 radical (unpaired) electrons. The Kier molecular flexibility index (Phi) is 7.82. The summed E-state index contributed by atoms with van der Waals surface area (Å²) in [5.74, 6) is -0.0839. The van der Waals surface area contributed by atoms with Gasteiger partial charge >= 0.3 is 5.97 Å². The van der Waals surface area contributed by atoms with Gasteiger partial charge in [-0.2, -0.15) is 4.72 Å². The maximum absolute atomic E-state index is 12.7. The van der Waals surface area contributed by atoms with Crippen LogP contribution in [-0.2, 0) is 24.3 Å². The zero-order valence-corrected chi connectivity index (χ0v) is 19.5. The topological polar surface area (TPSA) is 131 Å². The molecule has 12 heteroatoms. The molecule has 11 nitrogen and oxygen atoms in total. The fourth-order valence-corrected chi connectivity index (χ4v) is 4.46. The Morgan fingerprint density at radius 1 is 1.03 bits per heavy atom. The van der Waals surface area contributed by atoms with Crippen molar-refractivity contribution in [3.05, 3.63) is 42.7 Å². The van der Waals surface area contributed by atoms with Crippen molar-refractivity contribution in [2.75, 3.05) is 38.2 Å². The third-order valence-corrected chi connectivity index (χ3v) is 6.68. The van der Waals surface area contributed by atoms with E-state index in [1.807, 2.05) is 4.90 Å². The molecule has 3 rings (SSSR count). The lowest BCUT2D eigenvalue weighted by Crippen LogP contribution is -2.52. The van der Waals surface area contributed by atoms with Crippen LogP contribution in [0.25, 0.3) is 0 Å². The minimum Gasteiger partial charge on any atom is -0.497 e. The first-order valence-electron chi connectivity index (χ1n) is 10.4. The summed E-state index contributed by atoms with van der Waals surface area (Å²) < 4.78 is 37.5. The number of hydrogen-bond acceptors (Lipinski definition) is 9. The first kappa shape index (κ1) is 24.4. The van der Waals surface area contributed by atoms with Gasteiger partial charge in [0.05, 0.1) is 12.0 Å². The van der Waals surface area contributed by atoms with E-state index in [4.69, 9.17) is 9.47 Å². The van der Waals surface area contributed by atoms with Gasteiger partial charge in [-0.25, -0.2) is 18.4 Å². The number of esters is 1. The first-order chi connectivity index (χ1) is 15.7. The monoisotopic (exact) mass is 477 g/mol. The van der Waals surface area contributed by atoms with Crippen LogP contribution in [0.15, 0.2) is 47.6 Å². The molecule has 1 N–H and O–H groups in total. The van der Waals surface area contributed by atoms with E-state index < -0.39 is 28.1 Å². The molecule has 1 aliphatic heterocycles. The summed E-state index contributed by atoms with van der Waals surface area (Å²) in [6, 6.07) is 6.29. The van der Waals surface area contributed by atoms with Crippen molar-refractivity contribution in [2.24, 2.45) is 0 Å². The molecular formula is C21H27N5O6S. The van der Waals surface area contributed by atoms with Crippen molar-refractivity contribution in [1.82, 2.24) is 19.6 Å². The number of carbonyl (C=O) groups excluding carboxylic acids is 2. The van der Waals surface area contributed by atoms with Gasteiger partial charge in [0.1, 0.15) is 11.8 Å². The van der Waals surface area contributed by atoms with E-state index >= 15 is 0 Å². The third-order valence-electron chi connectivity index (χ3n) is 5.12. The number of methoxy groups -OCH3 is 1. The van der Waals surface area contributed by atoms with Crippen molar-refractivity contribution in [3.8, 4) is 5.75 Å². The van der Waals surface area contributed by atoms with Crippen molar-refractivity contribution < 1.29 is 27.5 Å². The number of hydrogen-bond donors (Lipinski definition) is 1. The van der Waals surface area contributed by atoms with E-state index in [1.54, 1.807) is 23.4 Å². The lowest BCUT2D eigenvalue weighted by molar-refractivity contribution is -0.160. The number of ether oxygens (including phenoxy) is 2. The molecular weight excluding hydrogens is 450 g/mol. The summed E-state index contributed by atoms with van der Waals surface area (Å²) >= 11 is 0. The fraction of sp³-hybridized carbons (Fsp3) is 0.429. The van der Waals surface area contributed by atoms with Gasteiger partial charge in [0.25, 0.3) is 5.91 Å². The number of carbonyl (C=O) groups is 2. The highest BCUT2D eigenvalue weighted by atomic mass is 32.2. The van der Waals surface area contributed by atoms with Crippen LogP contribution in [0.4, 0.5) is 5.95 Å². The number of nitrogens with one attached hydrogen (secondary N) is 1. The SMILES string of the molecule is COc1ccc(S(=O)(=O)N[C@@H](C)C(=O)OC(C)C(=O)N2CCN(c3ncccn3)CC2)cc1. The van der Waals surface area contributed by atoms with E-state index in [0.29, 0.717) is 37.9 Å². The van der Waals surface area contributed by atoms with E-state index in [-0.39, 0.29) is 10.8 Å². The summed E-state index contributed by atoms with van der Waals surface area (Å²) in [5, 5.41) is 0. The predicted molar refractivity (Wildman–Crippen MR) is 119 cm³/mol. The average Bonchev–Trinajstić information content (AvgIpc) is 2.84. The highest BCUT2D eigenvalue weighted by molar-refractivity contribution is 7.89. The Balaban J connectivity index is 1.51. The summed E-state index contributed by atoms with van der Waals surface area (Å²) in [4.78, 5) is 37.1. The highest BCUT2D eigenvalue weighted by Gasteiger charge is 2.30. The number of amides is 1. The minimum absolute atomic E-state index is 0.0210. The van der Waals surface area contributed by atoms with E-state index in [1.165, 1.54) is 45.2 Å². The summed E-state index contributed by atoms with van der Waals surface area (Å²) in [6.45, 7) is 4.79. The Bertz CT molecular complexity index is 1060. The largest absolute Gasteiger partial charge is 0.497 e. The summed E-state index contributed by atoms with van der Waals surface area (Å²) in [7, 11) is -2.49. The smallest absolute Gasteiger partial charge is 0.324 e. The molecule has 0 saturated carbocycles. The van der Waals surface area contributed by atoms with Crippen molar-refractivity contribution in [1.29, 1.82) is 0 Å². The van der Waals surface area contributed by atoms with Crippen LogP contribution in [0.3, 0.4) is 0 Å². The highest BCUT2D eigenvalue weighted by Crippen LogP contribution is 2.16. The van der Waals surface area contributed by atoms with Gasteiger partial charge < -0.3 is 19.3 Å². The molecule has 1 fully saturated rings. The molecule has 1 saturated heterocycles. The molecule has 1 aliphatic rings. The van der Waals surface area contributed by atoms with Crippen LogP contribution in [0.1, 0.15) is 13.8 Å². The second-order valence-electron chi connectivity index (χ2n) is 7.46. The van der Waals surface area contributed by atoms with Crippen molar-refractivity contribution in [3.63, 3.8) is 0 Å². The lowest BCUT2D eigenvalue weighted by Gasteiger charge is -2.35. The Hall–Kier alpha value is -3.25. The quantitative estimate of drug-likeness (QED) is 0.538. The number of sulfonamides is 1. The van der Waals surface area contributed by atoms with E-state index in [2.05, 4.69) is 14.7 Å². The summed E-state index contributed by atoms with van der Waals surface area (Å²) in [5.41, 5.74) is 0. The molecule has 1 aromatic carbocycles. The maximum atomic E-state index is 12.7. The number of nitrogens with zero attached hydrogens (tertiary/aromatic N) is 4. The van der Waals surface area contributed by atoms with Crippen molar-refractivity contribution >= 4 is 27.8 Å². The van der Waals surface area contributed by atoms with Gasteiger partial charge in [-0.05, 0) is 44.2 Å². The number of piperazine rings is 1. The lowest BCUT2D eigenvalue weighted by atomic mass is 10.2. The molecule has 0 aliphatic carbocycles. The molecule has 0 spiro atoms. The molecule has 33 heavy (non-hydrogen) atoms. The Labute approximate surface area is 192 Å². The summed E-state index contributed by atoms with van der Waals surface area (Å²) in [6.07, 6.45) is 2.27. The normalized spacial score (nSPS) is 16.1. The van der Waals surface area contributed by atoms with Crippen LogP contribution < -0.4 is 14.4 Å². The predicted octanol–water partition coefficient (Wildman–Crippen LogP) is 0.433. The Morgan fingerprint density at radius 2 is 1.64 bits per heavy atom. The zero-order chi connectivity index (χ0) is 24.0. The molecule has 2 atom stereocenters. The minimum atomic E-state index is -3.96. The van der Waals surface area contributed by atoms with Gasteiger partial charge in [-0.1, -0.05) is 0 Å². The van der Waals surface area contributed by atoms with Crippen LogP contribution in [0.5, 0.6) is 5.75 Å². The second kappa shape index (κ2) is 10.6. The van der Waals surface area contributed by atoms with Gasteiger partial charge in [0, 0.05) is 38.6 Å². The van der Waals surface area contributed by atoms with Crippen LogP contribution in [0.2, 0.25) is 0 Å². The van der Waals surface area contributed by atoms with Crippen LogP contribution in [0, 0.1) is 0 Å². The van der Waals surface area contributed by atoms with Gasteiger partial charge in [0.2, 0.25) is 16.0 Å². The molecule has 1 aromatic heterocycles. The van der Waals surface area contributed by atoms with Gasteiger partial charge in [-0.3, -0.25) is 9.59 Å². The van der Waals surface area contributed by atoms with Crippen LogP contribution >= 0.6 is 0 Å². The van der Waals surface area contributed by atoms with Gasteiger partial charge in [0.15, 0.2) is 6.10 Å². The number of benzene rings is 1. The molecule has 178 valence electrons. The van der Waals surface area contributed by atoms with E-state index in [9.17, 15) is 18.0 Å². The second-order valence-corrected chi connectivity index (χ2v) is 9.17. The number of aromatic nitrogens is 2. The molecule has 2 heterocycles. The van der Waals surface area contributed by atoms with Crippen molar-refractivity contribution in [2.45, 2.75) is 30.9 Å². The average molecular weight is 478 g/mol. The van der Waals surface area contributed by atoms with E-state index in [0.717, 1.165) is 0 Å². The molecule has 0 bridgehead atoms. The third kappa shape index (κ3) is 6.17. The molecule has 1 unspecified atom stereocenters.